The number of ketones is 1. The number of benzene rings is 1. The smallest absolute Gasteiger partial charge is 0.138 e. The van der Waals surface area contributed by atoms with Crippen LogP contribution in [0.5, 0.6) is 0 Å². The maximum atomic E-state index is 11.6. The van der Waals surface area contributed by atoms with Gasteiger partial charge in [-0.1, -0.05) is 25.1 Å². The van der Waals surface area contributed by atoms with Crippen molar-refractivity contribution in [2.75, 3.05) is 13.1 Å². The van der Waals surface area contributed by atoms with Crippen molar-refractivity contribution in [3.63, 3.8) is 0 Å². The van der Waals surface area contributed by atoms with Crippen LogP contribution >= 0.6 is 0 Å². The summed E-state index contributed by atoms with van der Waals surface area (Å²) >= 11 is 0. The number of carbonyl (C=O) groups is 1. The number of Topliss-reactive ketones (excluding diaryl/α,β-unsaturated/α-hetero) is 1. The summed E-state index contributed by atoms with van der Waals surface area (Å²) in [5.74, 6) is 0.567. The number of rotatable bonds is 2. The highest BCUT2D eigenvalue weighted by molar-refractivity contribution is 5.82. The summed E-state index contributed by atoms with van der Waals surface area (Å²) in [4.78, 5) is 18.3. The summed E-state index contributed by atoms with van der Waals surface area (Å²) in [7, 11) is 0. The first-order chi connectivity index (χ1) is 9.24. The number of likely N-dealkylation sites (tertiary alicyclic amines) is 1. The third kappa shape index (κ3) is 2.51. The Morgan fingerprint density at radius 1 is 1.32 bits per heavy atom. The fourth-order valence-corrected chi connectivity index (χ4v) is 2.77. The highest BCUT2D eigenvalue weighted by Gasteiger charge is 2.23. The molecule has 0 saturated carbocycles. The molecular formula is C16H18N2O. The first kappa shape index (κ1) is 12.3. The molecule has 0 bridgehead atoms. The van der Waals surface area contributed by atoms with Gasteiger partial charge in [-0.3, -0.25) is 14.7 Å². The second-order valence-electron chi connectivity index (χ2n) is 5.34. The molecule has 1 atom stereocenters. The quantitative estimate of drug-likeness (QED) is 0.826. The van der Waals surface area contributed by atoms with Crippen LogP contribution in [0.15, 0.2) is 36.5 Å². The number of nitrogens with zero attached hydrogens (tertiary/aromatic N) is 2. The van der Waals surface area contributed by atoms with Crippen molar-refractivity contribution >= 4 is 16.7 Å². The van der Waals surface area contributed by atoms with Crippen molar-refractivity contribution in [2.45, 2.75) is 19.9 Å². The van der Waals surface area contributed by atoms with Crippen molar-refractivity contribution in [3.8, 4) is 0 Å². The van der Waals surface area contributed by atoms with E-state index in [1.807, 2.05) is 25.3 Å². The van der Waals surface area contributed by atoms with Gasteiger partial charge in [0.05, 0.1) is 5.52 Å². The maximum Gasteiger partial charge on any atom is 0.138 e. The van der Waals surface area contributed by atoms with E-state index in [0.29, 0.717) is 12.2 Å². The average Bonchev–Trinajstić information content (AvgIpc) is 2.43. The standard InChI is InChI=1S/C16H18N2O/c1-12-10-18(9-7-16(12)19)11-13-6-8-17-15-5-3-2-4-14(13)15/h2-6,8,12H,7,9-11H2,1H3. The Morgan fingerprint density at radius 2 is 2.16 bits per heavy atom. The molecule has 3 nitrogen and oxygen atoms in total. The largest absolute Gasteiger partial charge is 0.299 e. The summed E-state index contributed by atoms with van der Waals surface area (Å²) in [6.07, 6.45) is 2.56. The molecule has 0 amide bonds. The van der Waals surface area contributed by atoms with E-state index in [0.717, 1.165) is 25.2 Å². The van der Waals surface area contributed by atoms with Gasteiger partial charge in [-0.15, -0.1) is 0 Å². The topological polar surface area (TPSA) is 33.2 Å². The lowest BCUT2D eigenvalue weighted by atomic mass is 9.98. The third-order valence-electron chi connectivity index (χ3n) is 3.89. The number of carbonyl (C=O) groups excluding carboxylic acids is 1. The highest BCUT2D eigenvalue weighted by Crippen LogP contribution is 2.20. The Balaban J connectivity index is 1.84. The van der Waals surface area contributed by atoms with Crippen LogP contribution < -0.4 is 0 Å². The minimum atomic E-state index is 0.168. The number of para-hydroxylation sites is 1. The van der Waals surface area contributed by atoms with Gasteiger partial charge >= 0.3 is 0 Å². The molecule has 0 spiro atoms. The third-order valence-corrected chi connectivity index (χ3v) is 3.89. The van der Waals surface area contributed by atoms with Gasteiger partial charge in [-0.05, 0) is 17.7 Å². The molecule has 2 heterocycles. The Labute approximate surface area is 113 Å². The highest BCUT2D eigenvalue weighted by atomic mass is 16.1. The summed E-state index contributed by atoms with van der Waals surface area (Å²) in [6, 6.07) is 10.3. The predicted octanol–water partition coefficient (Wildman–Crippen LogP) is 2.65. The maximum absolute atomic E-state index is 11.6. The average molecular weight is 254 g/mol. The molecule has 1 unspecified atom stereocenters. The first-order valence-corrected chi connectivity index (χ1v) is 6.82. The Bertz CT molecular complexity index is 603. The van der Waals surface area contributed by atoms with Crippen molar-refractivity contribution < 1.29 is 4.79 Å². The zero-order valence-electron chi connectivity index (χ0n) is 11.2. The molecule has 1 saturated heterocycles. The van der Waals surface area contributed by atoms with Crippen LogP contribution in [0, 0.1) is 5.92 Å². The van der Waals surface area contributed by atoms with Gasteiger partial charge in [0.2, 0.25) is 0 Å². The molecule has 19 heavy (non-hydrogen) atoms. The van der Waals surface area contributed by atoms with Crippen LogP contribution in [-0.2, 0) is 11.3 Å². The van der Waals surface area contributed by atoms with Gasteiger partial charge in [0.25, 0.3) is 0 Å². The van der Waals surface area contributed by atoms with Crippen molar-refractivity contribution in [1.29, 1.82) is 0 Å². The molecule has 1 fully saturated rings. The zero-order valence-corrected chi connectivity index (χ0v) is 11.2. The van der Waals surface area contributed by atoms with Crippen LogP contribution in [0.3, 0.4) is 0 Å². The fourth-order valence-electron chi connectivity index (χ4n) is 2.77. The van der Waals surface area contributed by atoms with Crippen LogP contribution in [0.1, 0.15) is 18.9 Å². The van der Waals surface area contributed by atoms with Crippen LogP contribution in [0.25, 0.3) is 10.9 Å². The molecule has 0 radical (unpaired) electrons. The lowest BCUT2D eigenvalue weighted by molar-refractivity contribution is -0.125. The molecule has 2 aromatic rings. The molecule has 1 aromatic carbocycles. The molecule has 3 heteroatoms. The lowest BCUT2D eigenvalue weighted by Crippen LogP contribution is -2.39. The number of piperidine rings is 1. The minimum Gasteiger partial charge on any atom is -0.299 e. The summed E-state index contributed by atoms with van der Waals surface area (Å²) in [5.41, 5.74) is 2.34. The molecule has 3 rings (SSSR count). The SMILES string of the molecule is CC1CN(Cc2ccnc3ccccc23)CCC1=O. The number of aromatic nitrogens is 1. The normalized spacial score (nSPS) is 20.9. The van der Waals surface area contributed by atoms with Gasteiger partial charge in [-0.25, -0.2) is 0 Å². The Hall–Kier alpha value is -1.74. The minimum absolute atomic E-state index is 0.168. The van der Waals surface area contributed by atoms with E-state index in [1.165, 1.54) is 10.9 Å². The van der Waals surface area contributed by atoms with Gasteiger partial charge in [-0.2, -0.15) is 0 Å². The van der Waals surface area contributed by atoms with E-state index in [2.05, 4.69) is 28.1 Å². The molecule has 0 aliphatic carbocycles. The molecular weight excluding hydrogens is 236 g/mol. The van der Waals surface area contributed by atoms with Crippen LogP contribution in [-0.4, -0.2) is 28.8 Å². The second-order valence-corrected chi connectivity index (χ2v) is 5.34. The predicted molar refractivity (Wildman–Crippen MR) is 75.8 cm³/mol. The number of pyridine rings is 1. The number of fused-ring (bicyclic) bond motifs is 1. The van der Waals surface area contributed by atoms with Gasteiger partial charge in [0, 0.05) is 43.6 Å². The molecule has 1 aromatic heterocycles. The summed E-state index contributed by atoms with van der Waals surface area (Å²) in [6.45, 7) is 4.68. The number of hydrogen-bond acceptors (Lipinski definition) is 3. The Morgan fingerprint density at radius 3 is 3.00 bits per heavy atom. The van der Waals surface area contributed by atoms with Crippen molar-refractivity contribution in [3.05, 3.63) is 42.1 Å². The van der Waals surface area contributed by atoms with Gasteiger partial charge in [0.15, 0.2) is 0 Å². The zero-order chi connectivity index (χ0) is 13.2. The van der Waals surface area contributed by atoms with Gasteiger partial charge in [0.1, 0.15) is 5.78 Å². The van der Waals surface area contributed by atoms with E-state index in [-0.39, 0.29) is 5.92 Å². The van der Waals surface area contributed by atoms with Crippen molar-refractivity contribution in [1.82, 2.24) is 9.88 Å². The summed E-state index contributed by atoms with van der Waals surface area (Å²) in [5, 5.41) is 1.22. The molecule has 98 valence electrons. The van der Waals surface area contributed by atoms with E-state index in [9.17, 15) is 4.79 Å². The summed E-state index contributed by atoms with van der Waals surface area (Å²) < 4.78 is 0. The van der Waals surface area contributed by atoms with Crippen LogP contribution in [0.4, 0.5) is 0 Å². The van der Waals surface area contributed by atoms with E-state index >= 15 is 0 Å². The number of hydrogen-bond donors (Lipinski definition) is 0. The first-order valence-electron chi connectivity index (χ1n) is 6.82. The monoisotopic (exact) mass is 254 g/mol. The van der Waals surface area contributed by atoms with E-state index in [1.54, 1.807) is 0 Å². The van der Waals surface area contributed by atoms with Crippen LogP contribution in [0.2, 0.25) is 0 Å². The fraction of sp³-hybridized carbons (Fsp3) is 0.375. The molecule has 1 aliphatic heterocycles. The molecule has 0 N–H and O–H groups in total. The second kappa shape index (κ2) is 5.10. The van der Waals surface area contributed by atoms with E-state index < -0.39 is 0 Å². The van der Waals surface area contributed by atoms with E-state index in [4.69, 9.17) is 0 Å². The molecule has 1 aliphatic rings. The Kier molecular flexibility index (Phi) is 3.30. The van der Waals surface area contributed by atoms with Crippen molar-refractivity contribution in [2.24, 2.45) is 5.92 Å². The lowest BCUT2D eigenvalue weighted by Gasteiger charge is -2.30. The van der Waals surface area contributed by atoms with Gasteiger partial charge < -0.3 is 0 Å².